The van der Waals surface area contributed by atoms with E-state index in [0.29, 0.717) is 5.56 Å². The molecule has 0 aliphatic heterocycles. The Morgan fingerprint density at radius 2 is 1.20 bits per heavy atom. The van der Waals surface area contributed by atoms with Crippen molar-refractivity contribution in [3.05, 3.63) is 47.0 Å². The third-order valence-electron chi connectivity index (χ3n) is 3.74. The van der Waals surface area contributed by atoms with Crippen molar-refractivity contribution in [2.75, 3.05) is 0 Å². The molecule has 0 heterocycles. The highest BCUT2D eigenvalue weighted by Gasteiger charge is 2.12. The van der Waals surface area contributed by atoms with Gasteiger partial charge in [-0.2, -0.15) is 0 Å². The van der Waals surface area contributed by atoms with Gasteiger partial charge in [0.05, 0.1) is 0 Å². The summed E-state index contributed by atoms with van der Waals surface area (Å²) in [5.74, 6) is -0.0724. The third-order valence-corrected chi connectivity index (χ3v) is 3.74. The van der Waals surface area contributed by atoms with Gasteiger partial charge in [-0.05, 0) is 53.6 Å². The van der Waals surface area contributed by atoms with Crippen LogP contribution in [0.25, 0.3) is 11.1 Å². The van der Waals surface area contributed by atoms with Gasteiger partial charge in [0, 0.05) is 5.56 Å². The summed E-state index contributed by atoms with van der Waals surface area (Å²) in [5, 5.41) is 20.0. The summed E-state index contributed by atoms with van der Waals surface area (Å²) in [6.45, 7) is 6.28. The largest absolute Gasteiger partial charge is 0.504 e. The highest BCUT2D eigenvalue weighted by molar-refractivity contribution is 5.75. The van der Waals surface area contributed by atoms with Gasteiger partial charge in [-0.3, -0.25) is 0 Å². The Bertz CT molecular complexity index is 593. The molecule has 0 aromatic heterocycles. The van der Waals surface area contributed by atoms with Crippen LogP contribution in [0.1, 0.15) is 37.5 Å². The van der Waals surface area contributed by atoms with Gasteiger partial charge in [0.15, 0.2) is 11.5 Å². The molecule has 0 fully saturated rings. The van der Waals surface area contributed by atoms with Gasteiger partial charge in [0.1, 0.15) is 0 Å². The average Bonchev–Trinajstić information content (AvgIpc) is 2.49. The minimum Gasteiger partial charge on any atom is -0.504 e. The maximum absolute atomic E-state index is 10.1. The standard InChI is InChI=1S/C18H22O2/c1-4-12-7-13(5-2)9-15(8-12)16-10-14(6-3)11-17(19)18(16)20/h7-11,19-20H,4-6H2,1-3H3. The maximum atomic E-state index is 10.1. The first-order valence-electron chi connectivity index (χ1n) is 7.27. The van der Waals surface area contributed by atoms with Crippen LogP contribution in [0, 0.1) is 0 Å². The molecule has 2 N–H and O–H groups in total. The SMILES string of the molecule is CCc1cc(CC)cc(-c2cc(CC)cc(O)c2O)c1. The Morgan fingerprint density at radius 3 is 1.70 bits per heavy atom. The molecule has 0 atom stereocenters. The van der Waals surface area contributed by atoms with Crippen LogP contribution in [0.4, 0.5) is 0 Å². The van der Waals surface area contributed by atoms with Crippen molar-refractivity contribution in [2.24, 2.45) is 0 Å². The van der Waals surface area contributed by atoms with Crippen LogP contribution in [0.3, 0.4) is 0 Å². The van der Waals surface area contributed by atoms with Crippen molar-refractivity contribution in [1.29, 1.82) is 0 Å². The zero-order chi connectivity index (χ0) is 14.7. The molecular weight excluding hydrogens is 248 g/mol. The molecule has 2 heteroatoms. The average molecular weight is 270 g/mol. The normalized spacial score (nSPS) is 10.8. The minimum absolute atomic E-state index is 0.0301. The Morgan fingerprint density at radius 1 is 0.700 bits per heavy atom. The van der Waals surface area contributed by atoms with Gasteiger partial charge in [0.2, 0.25) is 0 Å². The van der Waals surface area contributed by atoms with Crippen molar-refractivity contribution in [1.82, 2.24) is 0 Å². The van der Waals surface area contributed by atoms with Crippen LogP contribution in [0.2, 0.25) is 0 Å². The van der Waals surface area contributed by atoms with Gasteiger partial charge < -0.3 is 10.2 Å². The smallest absolute Gasteiger partial charge is 0.165 e. The molecule has 0 radical (unpaired) electrons. The molecule has 0 amide bonds. The van der Waals surface area contributed by atoms with Crippen molar-refractivity contribution >= 4 is 0 Å². The summed E-state index contributed by atoms with van der Waals surface area (Å²) >= 11 is 0. The quantitative estimate of drug-likeness (QED) is 0.806. The second-order valence-electron chi connectivity index (χ2n) is 5.11. The van der Waals surface area contributed by atoms with Gasteiger partial charge in [-0.25, -0.2) is 0 Å². The van der Waals surface area contributed by atoms with E-state index in [1.54, 1.807) is 6.07 Å². The van der Waals surface area contributed by atoms with Crippen molar-refractivity contribution in [2.45, 2.75) is 40.0 Å². The minimum atomic E-state index is -0.0423. The number of rotatable bonds is 4. The van der Waals surface area contributed by atoms with Crippen LogP contribution in [0.15, 0.2) is 30.3 Å². The molecule has 2 aromatic rings. The van der Waals surface area contributed by atoms with Crippen molar-refractivity contribution in [3.63, 3.8) is 0 Å². The van der Waals surface area contributed by atoms with Gasteiger partial charge in [-0.15, -0.1) is 0 Å². The first-order chi connectivity index (χ1) is 9.58. The Hall–Kier alpha value is -1.96. The lowest BCUT2D eigenvalue weighted by molar-refractivity contribution is 0.404. The number of hydrogen-bond acceptors (Lipinski definition) is 2. The van der Waals surface area contributed by atoms with Crippen LogP contribution < -0.4 is 0 Å². The fourth-order valence-electron chi connectivity index (χ4n) is 2.43. The fourth-order valence-corrected chi connectivity index (χ4v) is 2.43. The molecule has 2 aromatic carbocycles. The van der Waals surface area contributed by atoms with E-state index >= 15 is 0 Å². The summed E-state index contributed by atoms with van der Waals surface area (Å²) in [7, 11) is 0. The van der Waals surface area contributed by atoms with Gasteiger partial charge in [-0.1, -0.05) is 39.0 Å². The molecule has 0 aliphatic rings. The van der Waals surface area contributed by atoms with E-state index in [-0.39, 0.29) is 11.5 Å². The van der Waals surface area contributed by atoms with E-state index in [0.717, 1.165) is 30.4 Å². The van der Waals surface area contributed by atoms with E-state index in [2.05, 4.69) is 32.0 Å². The number of aryl methyl sites for hydroxylation is 3. The first kappa shape index (κ1) is 14.4. The van der Waals surface area contributed by atoms with E-state index in [4.69, 9.17) is 0 Å². The molecule has 2 nitrogen and oxygen atoms in total. The second-order valence-corrected chi connectivity index (χ2v) is 5.11. The molecule has 0 saturated heterocycles. The topological polar surface area (TPSA) is 40.5 Å². The summed E-state index contributed by atoms with van der Waals surface area (Å²) in [4.78, 5) is 0. The second kappa shape index (κ2) is 6.00. The third kappa shape index (κ3) is 2.79. The van der Waals surface area contributed by atoms with E-state index in [9.17, 15) is 10.2 Å². The Labute approximate surface area is 120 Å². The van der Waals surface area contributed by atoms with Crippen molar-refractivity contribution < 1.29 is 10.2 Å². The lowest BCUT2D eigenvalue weighted by Crippen LogP contribution is -1.91. The number of phenolic OH excluding ortho intramolecular Hbond substituents is 2. The van der Waals surface area contributed by atoms with Gasteiger partial charge >= 0.3 is 0 Å². The highest BCUT2D eigenvalue weighted by Crippen LogP contribution is 2.38. The molecule has 0 aliphatic carbocycles. The summed E-state index contributed by atoms with van der Waals surface area (Å²) in [6.07, 6.45) is 2.75. The zero-order valence-electron chi connectivity index (χ0n) is 12.4. The van der Waals surface area contributed by atoms with E-state index < -0.39 is 0 Å². The molecule has 0 bridgehead atoms. The van der Waals surface area contributed by atoms with Crippen LogP contribution in [-0.4, -0.2) is 10.2 Å². The predicted octanol–water partition coefficient (Wildman–Crippen LogP) is 4.45. The Kier molecular flexibility index (Phi) is 4.33. The Balaban J connectivity index is 2.63. The van der Waals surface area contributed by atoms with Crippen molar-refractivity contribution in [3.8, 4) is 22.6 Å². The van der Waals surface area contributed by atoms with E-state index in [1.165, 1.54) is 11.1 Å². The monoisotopic (exact) mass is 270 g/mol. The molecule has 2 rings (SSSR count). The summed E-state index contributed by atoms with van der Waals surface area (Å²) < 4.78 is 0. The number of benzene rings is 2. The molecule has 20 heavy (non-hydrogen) atoms. The molecule has 0 spiro atoms. The first-order valence-corrected chi connectivity index (χ1v) is 7.27. The molecule has 0 unspecified atom stereocenters. The predicted molar refractivity (Wildman–Crippen MR) is 83.3 cm³/mol. The number of phenols is 2. The maximum Gasteiger partial charge on any atom is 0.165 e. The van der Waals surface area contributed by atoms with Gasteiger partial charge in [0.25, 0.3) is 0 Å². The van der Waals surface area contributed by atoms with E-state index in [1.807, 2.05) is 13.0 Å². The number of hydrogen-bond donors (Lipinski definition) is 2. The summed E-state index contributed by atoms with van der Waals surface area (Å²) in [5.41, 5.74) is 5.21. The summed E-state index contributed by atoms with van der Waals surface area (Å²) in [6, 6.07) is 9.97. The lowest BCUT2D eigenvalue weighted by Gasteiger charge is -2.12. The molecule has 0 saturated carbocycles. The lowest BCUT2D eigenvalue weighted by atomic mass is 9.95. The zero-order valence-corrected chi connectivity index (χ0v) is 12.4. The highest BCUT2D eigenvalue weighted by atomic mass is 16.3. The van der Waals surface area contributed by atoms with Crippen LogP contribution in [0.5, 0.6) is 11.5 Å². The molecule has 106 valence electrons. The number of aromatic hydroxyl groups is 2. The van der Waals surface area contributed by atoms with Crippen LogP contribution in [-0.2, 0) is 19.3 Å². The van der Waals surface area contributed by atoms with Crippen LogP contribution >= 0.6 is 0 Å². The molecular formula is C18H22O2. The fraction of sp³-hybridized carbons (Fsp3) is 0.333.